The number of carboxylic acid groups (broad SMARTS) is 2. The molecule has 1 heterocycles. The Labute approximate surface area is 162 Å². The third-order valence-electron chi connectivity index (χ3n) is 3.68. The number of ketones is 1. The molecule has 0 radical (unpaired) electrons. The molecule has 8 nitrogen and oxygen atoms in total. The van der Waals surface area contributed by atoms with Crippen molar-refractivity contribution in [1.82, 2.24) is 9.97 Å². The highest BCUT2D eigenvalue weighted by molar-refractivity contribution is 5.99. The fourth-order valence-corrected chi connectivity index (χ4v) is 2.17. The highest BCUT2D eigenvalue weighted by Gasteiger charge is 2.30. The van der Waals surface area contributed by atoms with Crippen molar-refractivity contribution >= 4 is 18.2 Å². The number of carboxylic acids is 1. The van der Waals surface area contributed by atoms with Gasteiger partial charge in [-0.1, -0.05) is 6.58 Å². The Morgan fingerprint density at radius 1 is 1.29 bits per heavy atom. The summed E-state index contributed by atoms with van der Waals surface area (Å²) < 4.78 is 5.67. The number of aryl methyl sites for hydroxylation is 1. The largest absolute Gasteiger partial charge is 0.494 e. The van der Waals surface area contributed by atoms with E-state index in [-0.39, 0.29) is 18.2 Å². The molecule has 1 fully saturated rings. The van der Waals surface area contributed by atoms with Gasteiger partial charge in [0.25, 0.3) is 6.47 Å². The van der Waals surface area contributed by atoms with E-state index in [4.69, 9.17) is 19.7 Å². The Balaban J connectivity index is 0.000000421. The van der Waals surface area contributed by atoms with Gasteiger partial charge in [-0.15, -0.1) is 0 Å². The van der Waals surface area contributed by atoms with Crippen LogP contribution in [-0.4, -0.2) is 45.0 Å². The van der Waals surface area contributed by atoms with Crippen LogP contribution in [0.4, 0.5) is 0 Å². The maximum Gasteiger partial charge on any atom is 0.327 e. The summed E-state index contributed by atoms with van der Waals surface area (Å²) in [7, 11) is 0. The summed E-state index contributed by atoms with van der Waals surface area (Å²) in [5.41, 5.74) is 1.93. The molecule has 2 aromatic rings. The number of hydrogen-bond acceptors (Lipinski definition) is 5. The number of hydrogen-bond donors (Lipinski definition) is 3. The first-order chi connectivity index (χ1) is 13.5. The SMILES string of the molecule is C=CC(=O)O.O=C(c1ccc(OCCCc2cnc[nH]2)cc1)C1CC1.O=CO. The summed E-state index contributed by atoms with van der Waals surface area (Å²) in [6.07, 6.45) is 8.31. The molecule has 0 atom stereocenters. The fraction of sp³-hybridized carbons (Fsp3) is 0.300. The van der Waals surface area contributed by atoms with Crippen LogP contribution in [0.2, 0.25) is 0 Å². The number of imidazole rings is 1. The minimum atomic E-state index is -0.981. The van der Waals surface area contributed by atoms with E-state index in [0.29, 0.717) is 6.61 Å². The molecular weight excluding hydrogens is 364 g/mol. The Hall–Kier alpha value is -3.42. The monoisotopic (exact) mass is 388 g/mol. The second kappa shape index (κ2) is 12.9. The maximum atomic E-state index is 11.9. The lowest BCUT2D eigenvalue weighted by molar-refractivity contribution is -0.131. The first-order valence-corrected chi connectivity index (χ1v) is 8.69. The number of aromatic nitrogens is 2. The number of carbonyl (C=O) groups excluding carboxylic acids is 1. The number of ether oxygens (including phenoxy) is 1. The van der Waals surface area contributed by atoms with E-state index >= 15 is 0 Å². The van der Waals surface area contributed by atoms with E-state index in [1.807, 2.05) is 30.5 Å². The van der Waals surface area contributed by atoms with Crippen molar-refractivity contribution in [3.63, 3.8) is 0 Å². The number of Topliss-reactive ketones (excluding diaryl/α,β-unsaturated/α-hetero) is 1. The van der Waals surface area contributed by atoms with Crippen LogP contribution in [0, 0.1) is 5.92 Å². The molecular formula is C20H24N2O6. The minimum absolute atomic E-state index is 0.250. The van der Waals surface area contributed by atoms with Crippen molar-refractivity contribution in [2.75, 3.05) is 6.61 Å². The molecule has 0 bridgehead atoms. The van der Waals surface area contributed by atoms with E-state index in [0.717, 1.165) is 48.8 Å². The zero-order chi connectivity index (χ0) is 20.8. The lowest BCUT2D eigenvalue weighted by atomic mass is 10.1. The summed E-state index contributed by atoms with van der Waals surface area (Å²) in [5, 5.41) is 14.5. The van der Waals surface area contributed by atoms with Crippen molar-refractivity contribution < 1.29 is 29.3 Å². The number of nitrogens with one attached hydrogen (secondary N) is 1. The van der Waals surface area contributed by atoms with Gasteiger partial charge in [0.05, 0.1) is 12.9 Å². The predicted octanol–water partition coefficient (Wildman–Crippen LogP) is 2.97. The molecule has 0 aliphatic heterocycles. The van der Waals surface area contributed by atoms with Gasteiger partial charge < -0.3 is 19.9 Å². The van der Waals surface area contributed by atoms with Crippen LogP contribution in [0.3, 0.4) is 0 Å². The number of nitrogens with zero attached hydrogens (tertiary/aromatic N) is 1. The van der Waals surface area contributed by atoms with Gasteiger partial charge in [-0.2, -0.15) is 0 Å². The zero-order valence-corrected chi connectivity index (χ0v) is 15.4. The van der Waals surface area contributed by atoms with Crippen LogP contribution in [0.1, 0.15) is 35.3 Å². The predicted molar refractivity (Wildman–Crippen MR) is 102 cm³/mol. The molecule has 3 rings (SSSR count). The van der Waals surface area contributed by atoms with Crippen molar-refractivity contribution in [3.05, 3.63) is 60.7 Å². The highest BCUT2D eigenvalue weighted by atomic mass is 16.5. The van der Waals surface area contributed by atoms with Gasteiger partial charge in [0.1, 0.15) is 5.75 Å². The van der Waals surface area contributed by atoms with Gasteiger partial charge in [0, 0.05) is 29.4 Å². The number of benzene rings is 1. The molecule has 0 saturated heterocycles. The van der Waals surface area contributed by atoms with Crippen LogP contribution in [0.15, 0.2) is 49.4 Å². The van der Waals surface area contributed by atoms with Gasteiger partial charge in [-0.05, 0) is 49.9 Å². The average Bonchev–Trinajstić information content (AvgIpc) is 3.42. The third kappa shape index (κ3) is 9.33. The third-order valence-corrected chi connectivity index (χ3v) is 3.68. The molecule has 28 heavy (non-hydrogen) atoms. The molecule has 0 unspecified atom stereocenters. The van der Waals surface area contributed by atoms with E-state index in [9.17, 15) is 9.59 Å². The number of carbonyl (C=O) groups is 3. The quantitative estimate of drug-likeness (QED) is 0.274. The first-order valence-electron chi connectivity index (χ1n) is 8.69. The summed E-state index contributed by atoms with van der Waals surface area (Å²) >= 11 is 0. The molecule has 0 spiro atoms. The van der Waals surface area contributed by atoms with Crippen molar-refractivity contribution in [2.45, 2.75) is 25.7 Å². The van der Waals surface area contributed by atoms with Crippen LogP contribution in [-0.2, 0) is 16.0 Å². The first kappa shape index (κ1) is 22.6. The topological polar surface area (TPSA) is 130 Å². The van der Waals surface area contributed by atoms with Gasteiger partial charge >= 0.3 is 5.97 Å². The Bertz CT molecular complexity index is 737. The summed E-state index contributed by atoms with van der Waals surface area (Å²) in [6, 6.07) is 7.49. The van der Waals surface area contributed by atoms with E-state index in [1.165, 1.54) is 0 Å². The van der Waals surface area contributed by atoms with Crippen LogP contribution < -0.4 is 4.74 Å². The number of H-pyrrole nitrogens is 1. The smallest absolute Gasteiger partial charge is 0.327 e. The summed E-state index contributed by atoms with van der Waals surface area (Å²) in [6.45, 7) is 3.37. The second-order valence-corrected chi connectivity index (χ2v) is 5.84. The molecule has 1 aromatic heterocycles. The normalized spacial score (nSPS) is 11.7. The number of aliphatic carboxylic acids is 1. The molecule has 8 heteroatoms. The van der Waals surface area contributed by atoms with Crippen molar-refractivity contribution in [3.8, 4) is 5.75 Å². The Morgan fingerprint density at radius 2 is 1.89 bits per heavy atom. The maximum absolute atomic E-state index is 11.9. The highest BCUT2D eigenvalue weighted by Crippen LogP contribution is 2.32. The standard InChI is InChI=1S/C16H18N2O2.C3H4O2.CH2O2/c19-16(12-3-4-12)13-5-7-15(8-6-13)20-9-1-2-14-10-17-11-18-14;1-2-3(4)5;2-1-3/h5-8,10-12H,1-4,9H2,(H,17,18);2H,1H2,(H,4,5);1H,(H,2,3). The lowest BCUT2D eigenvalue weighted by Gasteiger charge is -2.06. The van der Waals surface area contributed by atoms with Crippen LogP contribution in [0.5, 0.6) is 5.75 Å². The second-order valence-electron chi connectivity index (χ2n) is 5.84. The molecule has 0 amide bonds. The number of rotatable bonds is 8. The van der Waals surface area contributed by atoms with Crippen molar-refractivity contribution in [1.29, 1.82) is 0 Å². The zero-order valence-electron chi connectivity index (χ0n) is 15.4. The molecule has 3 N–H and O–H groups in total. The van der Waals surface area contributed by atoms with Gasteiger partial charge in [0.2, 0.25) is 0 Å². The van der Waals surface area contributed by atoms with E-state index < -0.39 is 5.97 Å². The van der Waals surface area contributed by atoms with Gasteiger partial charge in [0.15, 0.2) is 5.78 Å². The molecule has 1 aliphatic carbocycles. The number of aromatic amines is 1. The van der Waals surface area contributed by atoms with Crippen molar-refractivity contribution in [2.24, 2.45) is 5.92 Å². The fourth-order valence-electron chi connectivity index (χ4n) is 2.17. The minimum Gasteiger partial charge on any atom is -0.494 e. The Morgan fingerprint density at radius 3 is 2.36 bits per heavy atom. The molecule has 150 valence electrons. The average molecular weight is 388 g/mol. The van der Waals surface area contributed by atoms with Crippen LogP contribution in [0.25, 0.3) is 0 Å². The molecule has 1 aromatic carbocycles. The van der Waals surface area contributed by atoms with E-state index in [1.54, 1.807) is 6.33 Å². The van der Waals surface area contributed by atoms with Gasteiger partial charge in [-0.3, -0.25) is 9.59 Å². The Kier molecular flexibility index (Phi) is 10.4. The van der Waals surface area contributed by atoms with E-state index in [2.05, 4.69) is 16.5 Å². The summed E-state index contributed by atoms with van der Waals surface area (Å²) in [5.74, 6) is 0.388. The molecule has 1 aliphatic rings. The van der Waals surface area contributed by atoms with Gasteiger partial charge in [-0.25, -0.2) is 9.78 Å². The molecule has 1 saturated carbocycles. The summed E-state index contributed by atoms with van der Waals surface area (Å²) in [4.78, 5) is 36.5. The van der Waals surface area contributed by atoms with Crippen LogP contribution >= 0.6 is 0 Å². The lowest BCUT2D eigenvalue weighted by Crippen LogP contribution is -2.02.